The van der Waals surface area contributed by atoms with Crippen molar-refractivity contribution in [1.82, 2.24) is 0 Å². The molecular weight excluding hydrogens is 234 g/mol. The monoisotopic (exact) mass is 253 g/mol. The van der Waals surface area contributed by atoms with Gasteiger partial charge in [-0.25, -0.2) is 0 Å². The molecule has 2 aromatic carbocycles. The summed E-state index contributed by atoms with van der Waals surface area (Å²) in [5.41, 5.74) is 2.52. The molecule has 1 fully saturated rings. The van der Waals surface area contributed by atoms with E-state index < -0.39 is 0 Å². The van der Waals surface area contributed by atoms with Crippen molar-refractivity contribution in [1.29, 1.82) is 0 Å². The molecule has 19 heavy (non-hydrogen) atoms. The van der Waals surface area contributed by atoms with Crippen molar-refractivity contribution >= 4 is 5.69 Å². The maximum absolute atomic E-state index is 9.98. The smallest absolute Gasteiger partial charge is 0.0580 e. The van der Waals surface area contributed by atoms with Gasteiger partial charge in [-0.1, -0.05) is 48.5 Å². The number of para-hydroxylation sites is 1. The van der Waals surface area contributed by atoms with Gasteiger partial charge in [0.1, 0.15) is 0 Å². The lowest BCUT2D eigenvalue weighted by Gasteiger charge is -2.40. The third-order valence-corrected chi connectivity index (χ3v) is 3.85. The van der Waals surface area contributed by atoms with Crippen molar-refractivity contribution in [2.45, 2.75) is 25.0 Å². The molecule has 2 unspecified atom stereocenters. The van der Waals surface area contributed by atoms with Gasteiger partial charge < -0.3 is 10.0 Å². The standard InChI is InChI=1S/C17H19NO/c19-16-11-12-18(15-9-5-2-6-10-15)17(13-16)14-7-3-1-4-8-14/h1-10,16-17,19H,11-13H2. The molecule has 1 aliphatic heterocycles. The lowest BCUT2D eigenvalue weighted by molar-refractivity contribution is 0.128. The summed E-state index contributed by atoms with van der Waals surface area (Å²) in [5.74, 6) is 0. The molecule has 1 saturated heterocycles. The number of nitrogens with zero attached hydrogens (tertiary/aromatic N) is 1. The maximum Gasteiger partial charge on any atom is 0.0580 e. The zero-order chi connectivity index (χ0) is 13.1. The number of rotatable bonds is 2. The van der Waals surface area contributed by atoms with Crippen LogP contribution in [0.1, 0.15) is 24.4 Å². The zero-order valence-corrected chi connectivity index (χ0v) is 10.9. The summed E-state index contributed by atoms with van der Waals surface area (Å²) < 4.78 is 0. The molecule has 98 valence electrons. The summed E-state index contributed by atoms with van der Waals surface area (Å²) in [6, 6.07) is 21.2. The Kier molecular flexibility index (Phi) is 3.51. The van der Waals surface area contributed by atoms with Crippen molar-refractivity contribution in [2.75, 3.05) is 11.4 Å². The average Bonchev–Trinajstić information content (AvgIpc) is 2.49. The number of piperidine rings is 1. The SMILES string of the molecule is OC1CCN(c2ccccc2)C(c2ccccc2)C1. The molecule has 2 aromatic rings. The Balaban J connectivity index is 1.93. The molecule has 0 saturated carbocycles. The van der Waals surface area contributed by atoms with Crippen LogP contribution in [-0.2, 0) is 0 Å². The first-order chi connectivity index (χ1) is 9.34. The number of aliphatic hydroxyl groups is 1. The third-order valence-electron chi connectivity index (χ3n) is 3.85. The predicted molar refractivity (Wildman–Crippen MR) is 78.2 cm³/mol. The highest BCUT2D eigenvalue weighted by Gasteiger charge is 2.28. The van der Waals surface area contributed by atoms with Gasteiger partial charge in [-0.15, -0.1) is 0 Å². The first kappa shape index (κ1) is 12.2. The van der Waals surface area contributed by atoms with E-state index in [9.17, 15) is 5.11 Å². The van der Waals surface area contributed by atoms with Crippen molar-refractivity contribution in [3.63, 3.8) is 0 Å². The van der Waals surface area contributed by atoms with Gasteiger partial charge >= 0.3 is 0 Å². The maximum atomic E-state index is 9.98. The molecule has 0 spiro atoms. The molecule has 1 aliphatic rings. The van der Waals surface area contributed by atoms with E-state index in [1.165, 1.54) is 11.3 Å². The van der Waals surface area contributed by atoms with Crippen molar-refractivity contribution in [3.05, 3.63) is 66.2 Å². The highest BCUT2D eigenvalue weighted by molar-refractivity contribution is 5.49. The van der Waals surface area contributed by atoms with Crippen LogP contribution < -0.4 is 4.90 Å². The van der Waals surface area contributed by atoms with Crippen LogP contribution in [0.4, 0.5) is 5.69 Å². The molecule has 1 heterocycles. The average molecular weight is 253 g/mol. The van der Waals surface area contributed by atoms with Gasteiger partial charge in [0.2, 0.25) is 0 Å². The Bertz CT molecular complexity index is 511. The van der Waals surface area contributed by atoms with Crippen LogP contribution in [0, 0.1) is 0 Å². The van der Waals surface area contributed by atoms with E-state index in [1.807, 2.05) is 12.1 Å². The largest absolute Gasteiger partial charge is 0.393 e. The molecule has 2 atom stereocenters. The summed E-state index contributed by atoms with van der Waals surface area (Å²) >= 11 is 0. The zero-order valence-electron chi connectivity index (χ0n) is 10.9. The van der Waals surface area contributed by atoms with Gasteiger partial charge in [0, 0.05) is 12.2 Å². The van der Waals surface area contributed by atoms with Crippen LogP contribution in [-0.4, -0.2) is 17.8 Å². The fraction of sp³-hybridized carbons (Fsp3) is 0.294. The minimum atomic E-state index is -0.190. The number of aliphatic hydroxyl groups excluding tert-OH is 1. The van der Waals surface area contributed by atoms with Gasteiger partial charge in [0.25, 0.3) is 0 Å². The summed E-state index contributed by atoms with van der Waals surface area (Å²) in [6.07, 6.45) is 1.46. The molecule has 2 heteroatoms. The van der Waals surface area contributed by atoms with Gasteiger partial charge in [0.15, 0.2) is 0 Å². The van der Waals surface area contributed by atoms with Crippen molar-refractivity contribution in [3.8, 4) is 0 Å². The molecule has 0 aliphatic carbocycles. The second-order valence-electron chi connectivity index (χ2n) is 5.13. The minimum Gasteiger partial charge on any atom is -0.393 e. The van der Waals surface area contributed by atoms with E-state index in [2.05, 4.69) is 53.4 Å². The molecule has 3 rings (SSSR count). The Morgan fingerprint density at radius 2 is 1.53 bits per heavy atom. The summed E-state index contributed by atoms with van der Waals surface area (Å²) in [7, 11) is 0. The molecule has 2 nitrogen and oxygen atoms in total. The Morgan fingerprint density at radius 1 is 0.895 bits per heavy atom. The first-order valence-electron chi connectivity index (χ1n) is 6.89. The first-order valence-corrected chi connectivity index (χ1v) is 6.89. The van der Waals surface area contributed by atoms with E-state index in [-0.39, 0.29) is 12.1 Å². The van der Waals surface area contributed by atoms with Crippen LogP contribution in [0.15, 0.2) is 60.7 Å². The number of anilines is 1. The highest BCUT2D eigenvalue weighted by atomic mass is 16.3. The Hall–Kier alpha value is -1.80. The van der Waals surface area contributed by atoms with E-state index in [1.54, 1.807) is 0 Å². The molecule has 0 radical (unpaired) electrons. The van der Waals surface area contributed by atoms with E-state index in [0.29, 0.717) is 0 Å². The Labute approximate surface area is 114 Å². The van der Waals surface area contributed by atoms with Crippen LogP contribution in [0.2, 0.25) is 0 Å². The lowest BCUT2D eigenvalue weighted by Crippen LogP contribution is -2.38. The summed E-state index contributed by atoms with van der Waals surface area (Å²) in [4.78, 5) is 2.40. The number of hydrogen-bond donors (Lipinski definition) is 1. The number of hydrogen-bond acceptors (Lipinski definition) is 2. The minimum absolute atomic E-state index is 0.190. The predicted octanol–water partition coefficient (Wildman–Crippen LogP) is 3.39. The van der Waals surface area contributed by atoms with E-state index in [4.69, 9.17) is 0 Å². The fourth-order valence-electron chi connectivity index (χ4n) is 2.87. The van der Waals surface area contributed by atoms with Crippen LogP contribution >= 0.6 is 0 Å². The quantitative estimate of drug-likeness (QED) is 0.886. The second-order valence-corrected chi connectivity index (χ2v) is 5.13. The van der Waals surface area contributed by atoms with E-state index in [0.717, 1.165) is 19.4 Å². The van der Waals surface area contributed by atoms with Crippen molar-refractivity contribution < 1.29 is 5.11 Å². The fourth-order valence-corrected chi connectivity index (χ4v) is 2.87. The summed E-state index contributed by atoms with van der Waals surface area (Å²) in [5, 5.41) is 9.98. The molecule has 0 bridgehead atoms. The lowest BCUT2D eigenvalue weighted by atomic mass is 9.93. The third kappa shape index (κ3) is 2.64. The van der Waals surface area contributed by atoms with Crippen molar-refractivity contribution in [2.24, 2.45) is 0 Å². The van der Waals surface area contributed by atoms with Gasteiger partial charge in [0.05, 0.1) is 12.1 Å². The van der Waals surface area contributed by atoms with Gasteiger partial charge in [-0.05, 0) is 30.5 Å². The molecular formula is C17H19NO. The molecule has 0 amide bonds. The normalized spacial score (nSPS) is 23.3. The number of benzene rings is 2. The summed E-state index contributed by atoms with van der Waals surface area (Å²) in [6.45, 7) is 0.907. The van der Waals surface area contributed by atoms with Crippen LogP contribution in [0.3, 0.4) is 0 Å². The topological polar surface area (TPSA) is 23.5 Å². The molecule has 0 aromatic heterocycles. The van der Waals surface area contributed by atoms with Crippen LogP contribution in [0.5, 0.6) is 0 Å². The van der Waals surface area contributed by atoms with Gasteiger partial charge in [-0.2, -0.15) is 0 Å². The molecule has 1 N–H and O–H groups in total. The second kappa shape index (κ2) is 5.45. The Morgan fingerprint density at radius 3 is 2.21 bits per heavy atom. The van der Waals surface area contributed by atoms with Crippen LogP contribution in [0.25, 0.3) is 0 Å². The highest BCUT2D eigenvalue weighted by Crippen LogP contribution is 2.34. The van der Waals surface area contributed by atoms with E-state index >= 15 is 0 Å². The van der Waals surface area contributed by atoms with Gasteiger partial charge in [-0.3, -0.25) is 0 Å².